The van der Waals surface area contributed by atoms with Crippen LogP contribution in [0.15, 0.2) is 18.2 Å². The summed E-state index contributed by atoms with van der Waals surface area (Å²) in [5, 5.41) is 1.02. The molecule has 0 saturated heterocycles. The highest BCUT2D eigenvalue weighted by Gasteiger charge is 2.32. The van der Waals surface area contributed by atoms with E-state index in [1.165, 1.54) is 19.3 Å². The lowest BCUT2D eigenvalue weighted by molar-refractivity contribution is -0.198. The second kappa shape index (κ2) is 7.17. The van der Waals surface area contributed by atoms with Crippen LogP contribution in [0.2, 0.25) is 0 Å². The fourth-order valence-electron chi connectivity index (χ4n) is 2.44. The van der Waals surface area contributed by atoms with Crippen molar-refractivity contribution in [2.45, 2.75) is 58.3 Å². The largest absolute Gasteiger partial charge is 0.462 e. The number of fused-ring (bicyclic) bond motifs is 1. The van der Waals surface area contributed by atoms with Crippen molar-refractivity contribution in [3.05, 3.63) is 23.8 Å². The quantitative estimate of drug-likeness (QED) is 0.442. The highest BCUT2D eigenvalue weighted by molar-refractivity contribution is 7.39. The van der Waals surface area contributed by atoms with E-state index in [1.54, 1.807) is 0 Å². The summed E-state index contributed by atoms with van der Waals surface area (Å²) in [6, 6.07) is 5.96. The van der Waals surface area contributed by atoms with Crippen molar-refractivity contribution in [3.8, 4) is 5.75 Å². The summed E-state index contributed by atoms with van der Waals surface area (Å²) in [7, 11) is -1.80. The summed E-state index contributed by atoms with van der Waals surface area (Å²) in [5.74, 6) is 0.405. The zero-order valence-electron chi connectivity index (χ0n) is 12.1. The monoisotopic (exact) mass is 332 g/mol. The average molecular weight is 333 g/mol. The summed E-state index contributed by atoms with van der Waals surface area (Å²) < 4.78 is 12.0. The molecule has 0 saturated carbocycles. The molecule has 1 aliphatic heterocycles. The predicted octanol–water partition coefficient (Wildman–Crippen LogP) is 4.19. The first-order valence-electron chi connectivity index (χ1n) is 7.28. The van der Waals surface area contributed by atoms with Crippen molar-refractivity contribution in [2.75, 3.05) is 0 Å². The maximum absolute atomic E-state index is 6.04. The molecule has 2 rings (SSSR count). The van der Waals surface area contributed by atoms with E-state index in [9.17, 15) is 0 Å². The van der Waals surface area contributed by atoms with Gasteiger partial charge in [0.2, 0.25) is 5.79 Å². The first-order chi connectivity index (χ1) is 9.54. The van der Waals surface area contributed by atoms with Crippen molar-refractivity contribution in [1.82, 2.24) is 0 Å². The van der Waals surface area contributed by atoms with Gasteiger partial charge in [-0.1, -0.05) is 38.3 Å². The smallest absolute Gasteiger partial charge is 0.266 e. The molecule has 1 aromatic rings. The molecule has 0 bridgehead atoms. The average Bonchev–Trinajstić information content (AvgIpc) is 2.43. The van der Waals surface area contributed by atoms with E-state index in [0.29, 0.717) is 6.61 Å². The molecule has 0 amide bonds. The highest BCUT2D eigenvalue weighted by Crippen LogP contribution is 2.33. The summed E-state index contributed by atoms with van der Waals surface area (Å²) in [4.78, 5) is 0. The normalized spacial score (nSPS) is 21.6. The van der Waals surface area contributed by atoms with Crippen LogP contribution in [-0.4, -0.2) is 13.2 Å². The topological polar surface area (TPSA) is 18.5 Å². The van der Waals surface area contributed by atoms with Crippen LogP contribution in [0.4, 0.5) is 0 Å². The Kier molecular flexibility index (Phi) is 5.79. The van der Waals surface area contributed by atoms with E-state index in [2.05, 4.69) is 6.92 Å². The molecule has 1 heterocycles. The van der Waals surface area contributed by atoms with Gasteiger partial charge in [0.25, 0.3) is 7.42 Å². The molecule has 0 aliphatic carbocycles. The van der Waals surface area contributed by atoms with Gasteiger partial charge in [0.15, 0.2) is 0 Å². The molecule has 0 spiro atoms. The van der Waals surface area contributed by atoms with E-state index in [0.717, 1.165) is 29.3 Å². The molecule has 1 aromatic carbocycles. The van der Waals surface area contributed by atoms with Crippen LogP contribution in [0.5, 0.6) is 5.75 Å². The Bertz CT molecular complexity index is 453. The Hall–Kier alpha value is -0.223. The molecule has 0 radical (unpaired) electrons. The zero-order valence-corrected chi connectivity index (χ0v) is 14.8. The van der Waals surface area contributed by atoms with Crippen LogP contribution in [0.3, 0.4) is 0 Å². The number of benzene rings is 1. The third kappa shape index (κ3) is 4.14. The van der Waals surface area contributed by atoms with E-state index < -0.39 is 13.2 Å². The number of ether oxygens (including phenoxy) is 2. The van der Waals surface area contributed by atoms with Gasteiger partial charge < -0.3 is 9.47 Å². The maximum Gasteiger partial charge on any atom is 0.266 e. The van der Waals surface area contributed by atoms with Gasteiger partial charge in [-0.15, -0.1) is 22.2 Å². The molecule has 1 aliphatic rings. The minimum Gasteiger partial charge on any atom is -0.462 e. The SMILES string of the molecule is CCCCCCC1(C)OCc2cc([SiH](Cl)Cl)ccc2O1. The van der Waals surface area contributed by atoms with Gasteiger partial charge in [0.05, 0.1) is 6.61 Å². The first-order valence-corrected chi connectivity index (χ1v) is 11.3. The molecule has 1 atom stereocenters. The Morgan fingerprint density at radius 1 is 1.25 bits per heavy atom. The molecule has 5 heteroatoms. The summed E-state index contributed by atoms with van der Waals surface area (Å²) in [5.41, 5.74) is 1.05. The molecule has 1 unspecified atom stereocenters. The molecule has 0 N–H and O–H groups in total. The molecule has 2 nitrogen and oxygen atoms in total. The van der Waals surface area contributed by atoms with Crippen LogP contribution in [-0.2, 0) is 11.3 Å². The standard InChI is InChI=1S/C15H22Cl2O2Si/c1-3-4-5-6-9-15(2)18-11-12-10-13(20(16)17)7-8-14(12)19-15/h7-8,10,20H,3-6,9,11H2,1-2H3. The van der Waals surface area contributed by atoms with E-state index in [4.69, 9.17) is 31.6 Å². The molecular weight excluding hydrogens is 311 g/mol. The van der Waals surface area contributed by atoms with Gasteiger partial charge in [-0.3, -0.25) is 0 Å². The second-order valence-electron chi connectivity index (χ2n) is 5.50. The van der Waals surface area contributed by atoms with Crippen LogP contribution < -0.4 is 9.92 Å². The minimum absolute atomic E-state index is 0.499. The van der Waals surface area contributed by atoms with Gasteiger partial charge >= 0.3 is 0 Å². The third-order valence-corrected chi connectivity index (χ3v) is 6.05. The van der Waals surface area contributed by atoms with Crippen LogP contribution in [0.1, 0.15) is 51.5 Å². The van der Waals surface area contributed by atoms with Crippen molar-refractivity contribution in [1.29, 1.82) is 0 Å². The summed E-state index contributed by atoms with van der Waals surface area (Å²) >= 11 is 12.0. The van der Waals surface area contributed by atoms with Gasteiger partial charge in [0, 0.05) is 18.9 Å². The van der Waals surface area contributed by atoms with E-state index in [1.807, 2.05) is 25.1 Å². The first kappa shape index (κ1) is 16.2. The molecular formula is C15H22Cl2O2Si. The van der Waals surface area contributed by atoms with Gasteiger partial charge in [0.1, 0.15) is 5.75 Å². The van der Waals surface area contributed by atoms with E-state index in [-0.39, 0.29) is 0 Å². The summed E-state index contributed by atoms with van der Waals surface area (Å²) in [6.45, 7) is 4.81. The molecule has 0 fully saturated rings. The van der Waals surface area contributed by atoms with Gasteiger partial charge in [-0.25, -0.2) is 0 Å². The molecule has 112 valence electrons. The summed E-state index contributed by atoms with van der Waals surface area (Å²) in [6.07, 6.45) is 5.81. The predicted molar refractivity (Wildman–Crippen MR) is 87.5 cm³/mol. The Morgan fingerprint density at radius 2 is 2.05 bits per heavy atom. The minimum atomic E-state index is -1.80. The van der Waals surface area contributed by atoms with Gasteiger partial charge in [-0.2, -0.15) is 0 Å². The zero-order chi connectivity index (χ0) is 14.6. The van der Waals surface area contributed by atoms with Crippen molar-refractivity contribution < 1.29 is 9.47 Å². The lowest BCUT2D eigenvalue weighted by atomic mass is 10.1. The third-order valence-electron chi connectivity index (χ3n) is 3.68. The van der Waals surface area contributed by atoms with Gasteiger partial charge in [-0.05, 0) is 17.7 Å². The van der Waals surface area contributed by atoms with Crippen LogP contribution in [0.25, 0.3) is 0 Å². The lowest BCUT2D eigenvalue weighted by Gasteiger charge is -2.36. The Labute approximate surface area is 132 Å². The van der Waals surface area contributed by atoms with E-state index >= 15 is 0 Å². The number of hydrogen-bond donors (Lipinski definition) is 0. The number of halogens is 2. The lowest BCUT2D eigenvalue weighted by Crippen LogP contribution is -2.39. The van der Waals surface area contributed by atoms with Crippen molar-refractivity contribution >= 4 is 34.8 Å². The Morgan fingerprint density at radius 3 is 2.75 bits per heavy atom. The molecule has 20 heavy (non-hydrogen) atoms. The maximum atomic E-state index is 6.04. The van der Waals surface area contributed by atoms with Crippen molar-refractivity contribution in [2.24, 2.45) is 0 Å². The highest BCUT2D eigenvalue weighted by atomic mass is 35.7. The number of unbranched alkanes of at least 4 members (excludes halogenated alkanes) is 3. The van der Waals surface area contributed by atoms with Crippen LogP contribution in [0, 0.1) is 0 Å². The fraction of sp³-hybridized carbons (Fsp3) is 0.600. The molecule has 0 aromatic heterocycles. The fourth-order valence-corrected chi connectivity index (χ4v) is 3.82. The Balaban J connectivity index is 1.99. The van der Waals surface area contributed by atoms with Crippen molar-refractivity contribution in [3.63, 3.8) is 0 Å². The second-order valence-corrected chi connectivity index (χ2v) is 10.1. The van der Waals surface area contributed by atoms with Crippen LogP contribution >= 0.6 is 22.2 Å². The number of hydrogen-bond acceptors (Lipinski definition) is 2. The number of rotatable bonds is 6.